The molecule has 9 heteroatoms. The summed E-state index contributed by atoms with van der Waals surface area (Å²) in [6, 6.07) is 3.99. The molecule has 1 aromatic heterocycles. The maximum atomic E-state index is 12.3. The van der Waals surface area contributed by atoms with Gasteiger partial charge in [-0.2, -0.15) is 9.57 Å². The zero-order valence-electron chi connectivity index (χ0n) is 10.8. The van der Waals surface area contributed by atoms with Crippen molar-refractivity contribution in [3.05, 3.63) is 17.9 Å². The van der Waals surface area contributed by atoms with Crippen molar-refractivity contribution >= 4 is 16.0 Å². The van der Waals surface area contributed by atoms with Gasteiger partial charge in [0, 0.05) is 26.6 Å². The second-order valence-corrected chi connectivity index (χ2v) is 5.60. The van der Waals surface area contributed by atoms with Crippen LogP contribution in [0.25, 0.3) is 0 Å². The molecule has 1 N–H and O–H groups in total. The SMILES string of the molecule is COCCN(CCC#N)S(=O)(=O)c1ccc(C(=O)O)o1. The van der Waals surface area contributed by atoms with E-state index in [9.17, 15) is 13.2 Å². The fourth-order valence-electron chi connectivity index (χ4n) is 1.42. The van der Waals surface area contributed by atoms with Gasteiger partial charge in [-0.3, -0.25) is 0 Å². The molecule has 0 radical (unpaired) electrons. The third-order valence-electron chi connectivity index (χ3n) is 2.40. The number of carboxylic acid groups (broad SMARTS) is 1. The Morgan fingerprint density at radius 2 is 2.20 bits per heavy atom. The molecule has 0 saturated heterocycles. The number of nitrogens with zero attached hydrogens (tertiary/aromatic N) is 2. The second kappa shape index (κ2) is 7.04. The zero-order chi connectivity index (χ0) is 15.2. The van der Waals surface area contributed by atoms with Gasteiger partial charge in [0.2, 0.25) is 10.9 Å². The predicted octanol–water partition coefficient (Wildman–Crippen LogP) is 0.529. The number of furan rings is 1. The molecule has 1 rings (SSSR count). The van der Waals surface area contributed by atoms with Crippen LogP contribution in [0, 0.1) is 11.3 Å². The van der Waals surface area contributed by atoms with Crippen molar-refractivity contribution in [1.29, 1.82) is 5.26 Å². The lowest BCUT2D eigenvalue weighted by atomic mass is 10.4. The Morgan fingerprint density at radius 3 is 2.70 bits per heavy atom. The van der Waals surface area contributed by atoms with Gasteiger partial charge in [-0.1, -0.05) is 0 Å². The molecule has 0 aliphatic rings. The van der Waals surface area contributed by atoms with Gasteiger partial charge in [0.15, 0.2) is 0 Å². The van der Waals surface area contributed by atoms with Crippen LogP contribution in [-0.4, -0.2) is 50.6 Å². The molecule has 8 nitrogen and oxygen atoms in total. The Bertz CT molecular complexity index is 601. The first-order valence-corrected chi connectivity index (χ1v) is 7.06. The summed E-state index contributed by atoms with van der Waals surface area (Å²) in [4.78, 5) is 10.7. The standard InChI is InChI=1S/C11H14N2O6S/c1-18-8-7-13(6-2-5-12)20(16,17)10-4-3-9(19-10)11(14)15/h3-4H,2,6-8H2,1H3,(H,14,15). The van der Waals surface area contributed by atoms with E-state index in [1.807, 2.05) is 6.07 Å². The average Bonchev–Trinajstić information content (AvgIpc) is 2.89. The predicted molar refractivity (Wildman–Crippen MR) is 66.5 cm³/mol. The van der Waals surface area contributed by atoms with Crippen LogP contribution in [0.5, 0.6) is 0 Å². The number of rotatable bonds is 8. The highest BCUT2D eigenvalue weighted by atomic mass is 32.2. The van der Waals surface area contributed by atoms with E-state index in [-0.39, 0.29) is 26.1 Å². The molecule has 0 unspecified atom stereocenters. The van der Waals surface area contributed by atoms with Gasteiger partial charge < -0.3 is 14.3 Å². The van der Waals surface area contributed by atoms with Crippen LogP contribution in [0.4, 0.5) is 0 Å². The van der Waals surface area contributed by atoms with Crippen molar-refractivity contribution in [3.8, 4) is 6.07 Å². The zero-order valence-corrected chi connectivity index (χ0v) is 11.6. The van der Waals surface area contributed by atoms with E-state index in [4.69, 9.17) is 19.5 Å². The van der Waals surface area contributed by atoms with Gasteiger partial charge >= 0.3 is 5.97 Å². The minimum atomic E-state index is -3.99. The molecule has 110 valence electrons. The molecule has 0 aliphatic heterocycles. The number of aromatic carboxylic acids is 1. The van der Waals surface area contributed by atoms with Gasteiger partial charge in [0.1, 0.15) is 0 Å². The Kier molecular flexibility index (Phi) is 5.69. The molecule has 0 aliphatic carbocycles. The number of carboxylic acids is 1. The van der Waals surface area contributed by atoms with Crippen LogP contribution in [0.3, 0.4) is 0 Å². The third kappa shape index (κ3) is 3.80. The summed E-state index contributed by atoms with van der Waals surface area (Å²) in [7, 11) is -2.56. The fourth-order valence-corrected chi connectivity index (χ4v) is 2.76. The Morgan fingerprint density at radius 1 is 1.50 bits per heavy atom. The maximum Gasteiger partial charge on any atom is 0.371 e. The molecule has 0 amide bonds. The first-order valence-electron chi connectivity index (χ1n) is 5.62. The molecule has 1 aromatic rings. The molecular weight excluding hydrogens is 288 g/mol. The van der Waals surface area contributed by atoms with E-state index in [1.54, 1.807) is 0 Å². The van der Waals surface area contributed by atoms with Crippen LogP contribution in [0.1, 0.15) is 17.0 Å². The summed E-state index contributed by atoms with van der Waals surface area (Å²) in [6.07, 6.45) is 0.00937. The Hall–Kier alpha value is -1.89. The number of carbonyl (C=O) groups is 1. The van der Waals surface area contributed by atoms with Crippen molar-refractivity contribution in [3.63, 3.8) is 0 Å². The number of ether oxygens (including phenoxy) is 1. The highest BCUT2D eigenvalue weighted by molar-refractivity contribution is 7.89. The summed E-state index contributed by atoms with van der Waals surface area (Å²) in [6.45, 7) is 0.173. The highest BCUT2D eigenvalue weighted by Gasteiger charge is 2.28. The van der Waals surface area contributed by atoms with E-state index in [2.05, 4.69) is 0 Å². The number of nitriles is 1. The molecule has 1 heterocycles. The first-order chi connectivity index (χ1) is 9.43. The van der Waals surface area contributed by atoms with Crippen molar-refractivity contribution in [2.24, 2.45) is 0 Å². The van der Waals surface area contributed by atoms with Crippen LogP contribution < -0.4 is 0 Å². The van der Waals surface area contributed by atoms with Crippen LogP contribution >= 0.6 is 0 Å². The lowest BCUT2D eigenvalue weighted by Crippen LogP contribution is -2.34. The van der Waals surface area contributed by atoms with Crippen molar-refractivity contribution in [2.45, 2.75) is 11.5 Å². The monoisotopic (exact) mass is 302 g/mol. The Balaban J connectivity index is 3.01. The van der Waals surface area contributed by atoms with E-state index in [0.29, 0.717) is 0 Å². The summed E-state index contributed by atoms with van der Waals surface area (Å²) in [5, 5.41) is 16.8. The molecule has 20 heavy (non-hydrogen) atoms. The van der Waals surface area contributed by atoms with E-state index in [1.165, 1.54) is 7.11 Å². The first kappa shape index (κ1) is 16.2. The maximum absolute atomic E-state index is 12.3. The van der Waals surface area contributed by atoms with Crippen molar-refractivity contribution < 1.29 is 27.5 Å². The lowest BCUT2D eigenvalue weighted by Gasteiger charge is -2.18. The second-order valence-electron chi connectivity index (χ2n) is 3.73. The fraction of sp³-hybridized carbons (Fsp3) is 0.455. The van der Waals surface area contributed by atoms with Crippen molar-refractivity contribution in [1.82, 2.24) is 4.31 Å². The number of hydrogen-bond acceptors (Lipinski definition) is 6. The van der Waals surface area contributed by atoms with Crippen molar-refractivity contribution in [2.75, 3.05) is 26.8 Å². The third-order valence-corrected chi connectivity index (χ3v) is 4.18. The number of sulfonamides is 1. The van der Waals surface area contributed by atoms with Gasteiger partial charge in [0.05, 0.1) is 12.7 Å². The largest absolute Gasteiger partial charge is 0.475 e. The van der Waals surface area contributed by atoms with Gasteiger partial charge in [0.25, 0.3) is 10.0 Å². The topological polar surface area (TPSA) is 121 Å². The molecule has 0 bridgehead atoms. The van der Waals surface area contributed by atoms with E-state index >= 15 is 0 Å². The molecule has 0 spiro atoms. The quantitative estimate of drug-likeness (QED) is 0.743. The minimum Gasteiger partial charge on any atom is -0.475 e. The highest BCUT2D eigenvalue weighted by Crippen LogP contribution is 2.19. The number of hydrogen-bond donors (Lipinski definition) is 1. The van der Waals surface area contributed by atoms with Gasteiger partial charge in [-0.25, -0.2) is 13.2 Å². The summed E-state index contributed by atoms with van der Waals surface area (Å²) < 4.78 is 35.1. The van der Waals surface area contributed by atoms with E-state index in [0.717, 1.165) is 16.4 Å². The normalized spacial score (nSPS) is 11.4. The van der Waals surface area contributed by atoms with Crippen LogP contribution in [-0.2, 0) is 14.8 Å². The van der Waals surface area contributed by atoms with Crippen LogP contribution in [0.15, 0.2) is 21.6 Å². The number of methoxy groups -OCH3 is 1. The molecule has 0 fully saturated rings. The molecule has 0 saturated carbocycles. The minimum absolute atomic E-state index is 0.00937. The average molecular weight is 302 g/mol. The summed E-state index contributed by atoms with van der Waals surface area (Å²) >= 11 is 0. The molecule has 0 aromatic carbocycles. The van der Waals surface area contributed by atoms with Gasteiger partial charge in [-0.05, 0) is 12.1 Å². The van der Waals surface area contributed by atoms with E-state index < -0.39 is 26.8 Å². The molecule has 0 atom stereocenters. The van der Waals surface area contributed by atoms with Gasteiger partial charge in [-0.15, -0.1) is 0 Å². The lowest BCUT2D eigenvalue weighted by molar-refractivity contribution is 0.0656. The summed E-state index contributed by atoms with van der Waals surface area (Å²) in [5.74, 6) is -1.82. The summed E-state index contributed by atoms with van der Waals surface area (Å²) in [5.41, 5.74) is 0. The molecular formula is C11H14N2O6S. The Labute approximate surface area is 116 Å². The van der Waals surface area contributed by atoms with Crippen LogP contribution in [0.2, 0.25) is 0 Å². The smallest absolute Gasteiger partial charge is 0.371 e.